The summed E-state index contributed by atoms with van der Waals surface area (Å²) in [5.41, 5.74) is -0.917. The van der Waals surface area contributed by atoms with Crippen molar-refractivity contribution in [3.05, 3.63) is 73.3 Å². The molecule has 1 heterocycles. The number of hydrogen-bond acceptors (Lipinski definition) is 6. The van der Waals surface area contributed by atoms with Gasteiger partial charge in [-0.3, -0.25) is 29.6 Å². The van der Waals surface area contributed by atoms with E-state index in [-0.39, 0.29) is 40.9 Å². The molecule has 0 saturated heterocycles. The van der Waals surface area contributed by atoms with Gasteiger partial charge in [0, 0.05) is 18.6 Å². The Morgan fingerprint density at radius 1 is 1.21 bits per heavy atom. The average molecular weight is 384 g/mol. The van der Waals surface area contributed by atoms with Crippen molar-refractivity contribution in [2.75, 3.05) is 12.4 Å². The number of non-ortho nitro benzene ring substituents is 1. The maximum absolute atomic E-state index is 12.4. The lowest BCUT2D eigenvalue weighted by atomic mass is 10.2. The Labute approximate surface area is 157 Å². The number of nitro groups is 1. The van der Waals surface area contributed by atoms with Crippen molar-refractivity contribution in [2.24, 2.45) is 0 Å². The Morgan fingerprint density at radius 3 is 2.61 bits per heavy atom. The summed E-state index contributed by atoms with van der Waals surface area (Å²) in [5.74, 6) is -0.241. The zero-order chi connectivity index (χ0) is 20.3. The summed E-state index contributed by atoms with van der Waals surface area (Å²) in [6, 6.07) is 10.2. The zero-order valence-electron chi connectivity index (χ0n) is 14.8. The molecule has 0 aliphatic rings. The fraction of sp³-hybridized carbons (Fsp3) is 0.167. The maximum atomic E-state index is 12.4. The molecule has 0 aliphatic carbocycles. The SMILES string of the molecule is COc1ccc([N+](=O)[O-])cc1NC(=O)CCn1[nH]c(=O)c2ccccc2c1=O. The summed E-state index contributed by atoms with van der Waals surface area (Å²) >= 11 is 0. The van der Waals surface area contributed by atoms with Gasteiger partial charge in [-0.15, -0.1) is 0 Å². The maximum Gasteiger partial charge on any atom is 0.273 e. The number of methoxy groups -OCH3 is 1. The number of hydrogen-bond donors (Lipinski definition) is 2. The number of benzene rings is 2. The fourth-order valence-corrected chi connectivity index (χ4v) is 2.74. The topological polar surface area (TPSA) is 136 Å². The Bertz CT molecular complexity index is 1180. The first-order valence-corrected chi connectivity index (χ1v) is 8.25. The first-order chi connectivity index (χ1) is 13.4. The number of aryl methyl sites for hydroxylation is 1. The minimum atomic E-state index is -0.589. The summed E-state index contributed by atoms with van der Waals surface area (Å²) in [6.45, 7) is -0.0675. The largest absolute Gasteiger partial charge is 0.495 e. The minimum Gasteiger partial charge on any atom is -0.495 e. The van der Waals surface area contributed by atoms with E-state index in [1.807, 2.05) is 0 Å². The number of carbonyl (C=O) groups is 1. The Kier molecular flexibility index (Phi) is 5.21. The van der Waals surface area contributed by atoms with Crippen molar-refractivity contribution in [3.8, 4) is 5.75 Å². The number of ether oxygens (including phenoxy) is 1. The lowest BCUT2D eigenvalue weighted by Gasteiger charge is -2.11. The Hall–Kier alpha value is -3.95. The van der Waals surface area contributed by atoms with Crippen LogP contribution in [0.5, 0.6) is 5.75 Å². The van der Waals surface area contributed by atoms with Crippen molar-refractivity contribution in [1.82, 2.24) is 9.78 Å². The molecule has 1 aromatic heterocycles. The molecule has 3 rings (SSSR count). The van der Waals surface area contributed by atoms with Gasteiger partial charge >= 0.3 is 0 Å². The van der Waals surface area contributed by atoms with Gasteiger partial charge in [0.15, 0.2) is 0 Å². The standard InChI is InChI=1S/C18H16N4O6/c1-28-15-7-6-11(22(26)27)10-14(15)19-16(23)8-9-21-18(25)13-5-3-2-4-12(13)17(24)20-21/h2-7,10H,8-9H2,1H3,(H,19,23)(H,20,24). The number of aromatic amines is 1. The van der Waals surface area contributed by atoms with Gasteiger partial charge in [0.05, 0.1) is 35.0 Å². The molecule has 1 amide bonds. The number of nitro benzene ring substituents is 1. The average Bonchev–Trinajstić information content (AvgIpc) is 2.69. The first kappa shape index (κ1) is 18.8. The second-order valence-electron chi connectivity index (χ2n) is 5.88. The number of H-pyrrole nitrogens is 1. The number of nitrogens with zero attached hydrogens (tertiary/aromatic N) is 2. The minimum absolute atomic E-state index is 0.0675. The molecule has 0 atom stereocenters. The number of fused-ring (bicyclic) bond motifs is 1. The number of rotatable bonds is 6. The number of carbonyl (C=O) groups excluding carboxylic acids is 1. The number of aromatic nitrogens is 2. The van der Waals surface area contributed by atoms with Crippen LogP contribution in [0.1, 0.15) is 6.42 Å². The molecule has 0 bridgehead atoms. The highest BCUT2D eigenvalue weighted by Crippen LogP contribution is 2.28. The van der Waals surface area contributed by atoms with E-state index in [1.165, 1.54) is 31.4 Å². The van der Waals surface area contributed by atoms with Gasteiger partial charge in [0.1, 0.15) is 5.75 Å². The summed E-state index contributed by atoms with van der Waals surface area (Å²) < 4.78 is 6.15. The molecule has 0 saturated carbocycles. The van der Waals surface area contributed by atoms with Crippen LogP contribution < -0.4 is 21.2 Å². The van der Waals surface area contributed by atoms with Gasteiger partial charge in [-0.2, -0.15) is 0 Å². The summed E-state index contributed by atoms with van der Waals surface area (Å²) in [4.78, 5) is 47.1. The third-order valence-electron chi connectivity index (χ3n) is 4.11. The molecule has 10 heteroatoms. The van der Waals surface area contributed by atoms with Crippen molar-refractivity contribution in [3.63, 3.8) is 0 Å². The van der Waals surface area contributed by atoms with Gasteiger partial charge in [-0.05, 0) is 18.2 Å². The first-order valence-electron chi connectivity index (χ1n) is 8.25. The van der Waals surface area contributed by atoms with Crippen LogP contribution in [-0.2, 0) is 11.3 Å². The van der Waals surface area contributed by atoms with Gasteiger partial charge in [-0.1, -0.05) is 12.1 Å². The van der Waals surface area contributed by atoms with Crippen molar-refractivity contribution in [1.29, 1.82) is 0 Å². The van der Waals surface area contributed by atoms with E-state index in [0.29, 0.717) is 0 Å². The van der Waals surface area contributed by atoms with E-state index >= 15 is 0 Å². The van der Waals surface area contributed by atoms with Crippen LogP contribution in [0.3, 0.4) is 0 Å². The predicted octanol–water partition coefficient (Wildman–Crippen LogP) is 1.64. The molecule has 2 N–H and O–H groups in total. The van der Waals surface area contributed by atoms with E-state index in [0.717, 1.165) is 4.68 Å². The van der Waals surface area contributed by atoms with Crippen LogP contribution in [-0.4, -0.2) is 27.7 Å². The van der Waals surface area contributed by atoms with Crippen LogP contribution in [0.25, 0.3) is 10.8 Å². The Balaban J connectivity index is 1.79. The second-order valence-corrected chi connectivity index (χ2v) is 5.88. The van der Waals surface area contributed by atoms with E-state index in [9.17, 15) is 24.5 Å². The lowest BCUT2D eigenvalue weighted by Crippen LogP contribution is -2.31. The number of nitrogens with one attached hydrogen (secondary N) is 2. The molecule has 0 spiro atoms. The van der Waals surface area contributed by atoms with Gasteiger partial charge in [-0.25, -0.2) is 4.68 Å². The molecule has 0 unspecified atom stereocenters. The monoisotopic (exact) mass is 384 g/mol. The van der Waals surface area contributed by atoms with Gasteiger partial charge in [0.25, 0.3) is 16.8 Å². The molecule has 2 aromatic carbocycles. The molecule has 0 radical (unpaired) electrons. The van der Waals surface area contributed by atoms with E-state index in [1.54, 1.807) is 18.2 Å². The summed E-state index contributed by atoms with van der Waals surface area (Å²) in [5, 5.41) is 16.4. The fourth-order valence-electron chi connectivity index (χ4n) is 2.74. The highest BCUT2D eigenvalue weighted by molar-refractivity contribution is 5.92. The van der Waals surface area contributed by atoms with Crippen LogP contribution in [0.2, 0.25) is 0 Å². The molecule has 28 heavy (non-hydrogen) atoms. The molecule has 0 aliphatic heterocycles. The summed E-state index contributed by atoms with van der Waals surface area (Å²) in [6.07, 6.45) is -0.139. The summed E-state index contributed by atoms with van der Waals surface area (Å²) in [7, 11) is 1.37. The second kappa shape index (κ2) is 7.74. The van der Waals surface area contributed by atoms with Crippen LogP contribution in [0, 0.1) is 10.1 Å². The van der Waals surface area contributed by atoms with Gasteiger partial charge < -0.3 is 10.1 Å². The van der Waals surface area contributed by atoms with E-state index in [4.69, 9.17) is 4.74 Å². The zero-order valence-corrected chi connectivity index (χ0v) is 14.8. The smallest absolute Gasteiger partial charge is 0.273 e. The molecular formula is C18H16N4O6. The van der Waals surface area contributed by atoms with Crippen molar-refractivity contribution < 1.29 is 14.5 Å². The quantitative estimate of drug-likeness (QED) is 0.490. The van der Waals surface area contributed by atoms with Crippen molar-refractivity contribution in [2.45, 2.75) is 13.0 Å². The van der Waals surface area contributed by atoms with E-state index < -0.39 is 21.9 Å². The third kappa shape index (κ3) is 3.75. The van der Waals surface area contributed by atoms with Gasteiger partial charge in [0.2, 0.25) is 5.91 Å². The van der Waals surface area contributed by atoms with Crippen LogP contribution >= 0.6 is 0 Å². The predicted molar refractivity (Wildman–Crippen MR) is 102 cm³/mol. The Morgan fingerprint density at radius 2 is 1.93 bits per heavy atom. The molecule has 10 nitrogen and oxygen atoms in total. The molecule has 3 aromatic rings. The van der Waals surface area contributed by atoms with Crippen LogP contribution in [0.4, 0.5) is 11.4 Å². The number of anilines is 1. The van der Waals surface area contributed by atoms with E-state index in [2.05, 4.69) is 10.4 Å². The highest BCUT2D eigenvalue weighted by Gasteiger charge is 2.14. The lowest BCUT2D eigenvalue weighted by molar-refractivity contribution is -0.384. The normalized spacial score (nSPS) is 10.6. The van der Waals surface area contributed by atoms with Crippen LogP contribution in [0.15, 0.2) is 52.1 Å². The molecule has 0 fully saturated rings. The van der Waals surface area contributed by atoms with Crippen molar-refractivity contribution >= 4 is 28.1 Å². The third-order valence-corrected chi connectivity index (χ3v) is 4.11. The molecule has 144 valence electrons. The molecular weight excluding hydrogens is 368 g/mol. The highest BCUT2D eigenvalue weighted by atomic mass is 16.6. The number of amides is 1.